The van der Waals surface area contributed by atoms with Crippen molar-refractivity contribution in [3.63, 3.8) is 0 Å². The van der Waals surface area contributed by atoms with E-state index in [0.29, 0.717) is 22.0 Å². The van der Waals surface area contributed by atoms with Crippen LogP contribution in [-0.4, -0.2) is 23.5 Å². The Morgan fingerprint density at radius 2 is 1.80 bits per heavy atom. The van der Waals surface area contributed by atoms with Gasteiger partial charge in [0.05, 0.1) is 28.4 Å². The van der Waals surface area contributed by atoms with Crippen molar-refractivity contribution in [2.75, 3.05) is 11.9 Å². The van der Waals surface area contributed by atoms with Gasteiger partial charge in [0.25, 0.3) is 5.91 Å². The molecule has 5 nitrogen and oxygen atoms in total. The van der Waals surface area contributed by atoms with Gasteiger partial charge < -0.3 is 10.1 Å². The number of pyridine rings is 1. The predicted molar refractivity (Wildman–Crippen MR) is 120 cm³/mol. The molecule has 0 aliphatic rings. The van der Waals surface area contributed by atoms with E-state index >= 15 is 0 Å². The number of esters is 1. The summed E-state index contributed by atoms with van der Waals surface area (Å²) in [5.41, 5.74) is 4.12. The molecule has 2 aromatic carbocycles. The molecular weight excluding hydrogens is 396 g/mol. The van der Waals surface area contributed by atoms with Crippen LogP contribution in [0, 0.1) is 6.92 Å². The Morgan fingerprint density at radius 1 is 1.03 bits per heavy atom. The Bertz CT molecular complexity index is 1230. The smallest absolute Gasteiger partial charge is 0.348 e. The zero-order valence-electron chi connectivity index (χ0n) is 16.6. The van der Waals surface area contributed by atoms with Gasteiger partial charge in [0.2, 0.25) is 0 Å². The number of nitrogens with zero attached hydrogens (tertiary/aromatic N) is 1. The minimum atomic E-state index is -0.390. The maximum absolute atomic E-state index is 13.1. The molecule has 0 spiro atoms. The molecule has 1 amide bonds. The van der Waals surface area contributed by atoms with Gasteiger partial charge >= 0.3 is 5.97 Å². The first-order valence-electron chi connectivity index (χ1n) is 9.60. The normalized spacial score (nSPS) is 10.7. The lowest BCUT2D eigenvalue weighted by Crippen LogP contribution is -2.12. The van der Waals surface area contributed by atoms with Crippen LogP contribution in [0.25, 0.3) is 22.2 Å². The van der Waals surface area contributed by atoms with Gasteiger partial charge in [0, 0.05) is 10.9 Å². The molecular formula is C24H20N2O3S. The highest BCUT2D eigenvalue weighted by Gasteiger charge is 2.16. The van der Waals surface area contributed by atoms with Crippen LogP contribution in [0.1, 0.15) is 32.5 Å². The Labute approximate surface area is 178 Å². The number of anilines is 1. The summed E-state index contributed by atoms with van der Waals surface area (Å²) in [7, 11) is 0. The molecule has 0 bridgehead atoms. The number of benzene rings is 2. The summed E-state index contributed by atoms with van der Waals surface area (Å²) in [5.74, 6) is -0.641. The van der Waals surface area contributed by atoms with E-state index in [1.807, 2.05) is 61.5 Å². The first kappa shape index (κ1) is 19.8. The van der Waals surface area contributed by atoms with Crippen molar-refractivity contribution >= 4 is 39.1 Å². The van der Waals surface area contributed by atoms with Crippen molar-refractivity contribution in [2.24, 2.45) is 0 Å². The minimum Gasteiger partial charge on any atom is -0.462 e. The summed E-state index contributed by atoms with van der Waals surface area (Å²) in [6, 6.07) is 20.8. The summed E-state index contributed by atoms with van der Waals surface area (Å²) >= 11 is 1.19. The van der Waals surface area contributed by atoms with E-state index in [9.17, 15) is 9.59 Å². The second-order valence-electron chi connectivity index (χ2n) is 6.78. The van der Waals surface area contributed by atoms with Crippen LogP contribution in [0.4, 0.5) is 5.00 Å². The van der Waals surface area contributed by atoms with Crippen LogP contribution in [0.5, 0.6) is 0 Å². The molecule has 0 fully saturated rings. The fourth-order valence-electron chi connectivity index (χ4n) is 3.13. The molecule has 30 heavy (non-hydrogen) atoms. The molecule has 0 aliphatic carbocycles. The van der Waals surface area contributed by atoms with Gasteiger partial charge in [0.15, 0.2) is 0 Å². The van der Waals surface area contributed by atoms with Gasteiger partial charge in [-0.25, -0.2) is 9.78 Å². The third-order valence-corrected chi connectivity index (χ3v) is 5.61. The van der Waals surface area contributed by atoms with Crippen molar-refractivity contribution in [2.45, 2.75) is 13.8 Å². The lowest BCUT2D eigenvalue weighted by atomic mass is 10.0. The Balaban J connectivity index is 1.69. The van der Waals surface area contributed by atoms with E-state index in [0.717, 1.165) is 27.7 Å². The molecule has 6 heteroatoms. The van der Waals surface area contributed by atoms with Crippen LogP contribution in [-0.2, 0) is 4.74 Å². The predicted octanol–water partition coefficient (Wildman–Crippen LogP) is 5.70. The highest BCUT2D eigenvalue weighted by atomic mass is 32.1. The zero-order valence-corrected chi connectivity index (χ0v) is 17.5. The van der Waals surface area contributed by atoms with Gasteiger partial charge in [-0.15, -0.1) is 11.3 Å². The Hall–Kier alpha value is -3.51. The molecule has 2 aromatic heterocycles. The number of thiophene rings is 1. The van der Waals surface area contributed by atoms with E-state index in [-0.39, 0.29) is 11.9 Å². The molecule has 0 aliphatic heterocycles. The summed E-state index contributed by atoms with van der Waals surface area (Å²) < 4.78 is 5.01. The monoisotopic (exact) mass is 416 g/mol. The van der Waals surface area contributed by atoms with Gasteiger partial charge in [-0.3, -0.25) is 4.79 Å². The second kappa shape index (κ2) is 8.47. The number of para-hydroxylation sites is 1. The molecule has 150 valence electrons. The van der Waals surface area contributed by atoms with Crippen LogP contribution < -0.4 is 5.32 Å². The molecule has 4 rings (SSSR count). The van der Waals surface area contributed by atoms with E-state index < -0.39 is 0 Å². The summed E-state index contributed by atoms with van der Waals surface area (Å²) in [4.78, 5) is 30.2. The van der Waals surface area contributed by atoms with Gasteiger partial charge in [-0.2, -0.15) is 0 Å². The van der Waals surface area contributed by atoms with Crippen LogP contribution in [0.2, 0.25) is 0 Å². The molecule has 4 aromatic rings. The SMILES string of the molecule is CCOC(=O)c1ccc(NC(=O)c2cc(-c3ccc(C)cc3)nc3ccccc23)s1. The molecule has 0 radical (unpaired) electrons. The van der Waals surface area contributed by atoms with Gasteiger partial charge in [0.1, 0.15) is 4.88 Å². The third kappa shape index (κ3) is 4.09. The number of fused-ring (bicyclic) bond motifs is 1. The highest BCUT2D eigenvalue weighted by molar-refractivity contribution is 7.18. The van der Waals surface area contributed by atoms with Gasteiger partial charge in [-0.1, -0.05) is 48.0 Å². The second-order valence-corrected chi connectivity index (χ2v) is 7.86. The summed E-state index contributed by atoms with van der Waals surface area (Å²) in [6.07, 6.45) is 0. The van der Waals surface area contributed by atoms with Crippen molar-refractivity contribution < 1.29 is 14.3 Å². The average Bonchev–Trinajstić information content (AvgIpc) is 3.22. The number of hydrogen-bond donors (Lipinski definition) is 1. The van der Waals surface area contributed by atoms with E-state index in [1.54, 1.807) is 19.1 Å². The average molecular weight is 417 g/mol. The Morgan fingerprint density at radius 3 is 2.57 bits per heavy atom. The summed E-state index contributed by atoms with van der Waals surface area (Å²) in [6.45, 7) is 4.10. The largest absolute Gasteiger partial charge is 0.462 e. The van der Waals surface area contributed by atoms with Crippen molar-refractivity contribution in [1.82, 2.24) is 4.98 Å². The number of carbonyl (C=O) groups excluding carboxylic acids is 2. The quantitative estimate of drug-likeness (QED) is 0.424. The van der Waals surface area contributed by atoms with E-state index in [1.165, 1.54) is 11.3 Å². The molecule has 0 saturated carbocycles. The molecule has 0 unspecified atom stereocenters. The van der Waals surface area contributed by atoms with Gasteiger partial charge in [-0.05, 0) is 38.1 Å². The molecule has 0 atom stereocenters. The number of carbonyl (C=O) groups is 2. The van der Waals surface area contributed by atoms with Crippen LogP contribution >= 0.6 is 11.3 Å². The fourth-order valence-corrected chi connectivity index (χ4v) is 3.93. The number of rotatable bonds is 5. The number of aryl methyl sites for hydroxylation is 1. The van der Waals surface area contributed by atoms with Crippen LogP contribution in [0.15, 0.2) is 66.7 Å². The standard InChI is InChI=1S/C24H20N2O3S/c1-3-29-24(28)21-12-13-22(30-21)26-23(27)18-14-20(16-10-8-15(2)9-11-16)25-19-7-5-4-6-17(18)19/h4-14H,3H2,1-2H3,(H,26,27). The summed E-state index contributed by atoms with van der Waals surface area (Å²) in [5, 5.41) is 4.25. The first-order valence-corrected chi connectivity index (χ1v) is 10.4. The number of nitrogens with one attached hydrogen (secondary N) is 1. The van der Waals surface area contributed by atoms with Crippen LogP contribution in [0.3, 0.4) is 0 Å². The fraction of sp³-hybridized carbons (Fsp3) is 0.125. The topological polar surface area (TPSA) is 68.3 Å². The van der Waals surface area contributed by atoms with Crippen molar-refractivity contribution in [3.05, 3.63) is 82.7 Å². The Kier molecular flexibility index (Phi) is 5.59. The number of hydrogen-bond acceptors (Lipinski definition) is 5. The maximum Gasteiger partial charge on any atom is 0.348 e. The third-order valence-electron chi connectivity index (χ3n) is 4.63. The number of ether oxygens (including phenoxy) is 1. The number of aromatic nitrogens is 1. The zero-order chi connectivity index (χ0) is 21.1. The molecule has 2 heterocycles. The van der Waals surface area contributed by atoms with Crippen molar-refractivity contribution in [1.29, 1.82) is 0 Å². The molecule has 0 saturated heterocycles. The first-order chi connectivity index (χ1) is 14.5. The molecule has 1 N–H and O–H groups in total. The minimum absolute atomic E-state index is 0.251. The highest BCUT2D eigenvalue weighted by Crippen LogP contribution is 2.28. The number of amides is 1. The van der Waals surface area contributed by atoms with Crippen molar-refractivity contribution in [3.8, 4) is 11.3 Å². The van der Waals surface area contributed by atoms with E-state index in [4.69, 9.17) is 9.72 Å². The lowest BCUT2D eigenvalue weighted by Gasteiger charge is -2.10. The maximum atomic E-state index is 13.1. The lowest BCUT2D eigenvalue weighted by molar-refractivity contribution is 0.0532. The van der Waals surface area contributed by atoms with E-state index in [2.05, 4.69) is 5.32 Å².